The topological polar surface area (TPSA) is 101 Å². The van der Waals surface area contributed by atoms with E-state index in [1.165, 1.54) is 50.8 Å². The molecule has 0 aliphatic carbocycles. The van der Waals surface area contributed by atoms with Gasteiger partial charge < -0.3 is 14.7 Å². The van der Waals surface area contributed by atoms with Gasteiger partial charge in [0.1, 0.15) is 23.8 Å². The SMILES string of the molecule is CC(CS(=O)(=O)C(C)(C)C)N1C(=O)C(CC(=O)O)OC(c2cc(F)cc(Cl)c2)C1c1ccc(Cl)c(F)c1. The Morgan fingerprint density at radius 1 is 1.14 bits per heavy atom. The largest absolute Gasteiger partial charge is 0.481 e. The Morgan fingerprint density at radius 3 is 2.32 bits per heavy atom. The molecule has 2 aromatic carbocycles. The van der Waals surface area contributed by atoms with Crippen LogP contribution in [0.5, 0.6) is 0 Å². The van der Waals surface area contributed by atoms with Gasteiger partial charge in [-0.3, -0.25) is 9.59 Å². The fourth-order valence-electron chi connectivity index (χ4n) is 4.22. The van der Waals surface area contributed by atoms with Gasteiger partial charge in [0.25, 0.3) is 5.91 Å². The minimum absolute atomic E-state index is 0.0150. The minimum Gasteiger partial charge on any atom is -0.481 e. The molecule has 37 heavy (non-hydrogen) atoms. The van der Waals surface area contributed by atoms with Crippen molar-refractivity contribution in [1.82, 2.24) is 4.90 Å². The molecule has 1 aliphatic heterocycles. The molecule has 4 unspecified atom stereocenters. The van der Waals surface area contributed by atoms with Crippen LogP contribution in [0.15, 0.2) is 36.4 Å². The van der Waals surface area contributed by atoms with Crippen LogP contribution in [0.1, 0.15) is 57.4 Å². The van der Waals surface area contributed by atoms with Crippen LogP contribution in [-0.2, 0) is 24.2 Å². The molecule has 1 fully saturated rings. The first-order valence-electron chi connectivity index (χ1n) is 11.3. The van der Waals surface area contributed by atoms with Crippen molar-refractivity contribution in [2.75, 3.05) is 5.75 Å². The quantitative estimate of drug-likeness (QED) is 0.475. The van der Waals surface area contributed by atoms with Gasteiger partial charge in [0.05, 0.1) is 28.0 Å². The molecule has 0 aromatic heterocycles. The van der Waals surface area contributed by atoms with Gasteiger partial charge in [-0.25, -0.2) is 17.2 Å². The van der Waals surface area contributed by atoms with E-state index in [-0.39, 0.29) is 21.2 Å². The van der Waals surface area contributed by atoms with E-state index in [9.17, 15) is 31.9 Å². The molecular formula is C25H27Cl2F2NO6S. The summed E-state index contributed by atoms with van der Waals surface area (Å²) in [6, 6.07) is 5.18. The maximum Gasteiger partial charge on any atom is 0.306 e. The van der Waals surface area contributed by atoms with E-state index >= 15 is 0 Å². The zero-order chi connectivity index (χ0) is 27.9. The van der Waals surface area contributed by atoms with Crippen molar-refractivity contribution in [2.45, 2.75) is 63.2 Å². The second kappa shape index (κ2) is 10.8. The predicted molar refractivity (Wildman–Crippen MR) is 135 cm³/mol. The summed E-state index contributed by atoms with van der Waals surface area (Å²) >= 11 is 11.9. The summed E-state index contributed by atoms with van der Waals surface area (Å²) in [5.74, 6) is -4.11. The third-order valence-corrected chi connectivity index (χ3v) is 9.47. The number of hydrogen-bond acceptors (Lipinski definition) is 5. The number of carbonyl (C=O) groups excluding carboxylic acids is 1. The first-order valence-corrected chi connectivity index (χ1v) is 13.8. The van der Waals surface area contributed by atoms with Crippen molar-refractivity contribution >= 4 is 44.9 Å². The number of carbonyl (C=O) groups is 2. The lowest BCUT2D eigenvalue weighted by atomic mass is 9.90. The molecular weight excluding hydrogens is 551 g/mol. The zero-order valence-corrected chi connectivity index (χ0v) is 22.9. The number of ether oxygens (including phenoxy) is 1. The van der Waals surface area contributed by atoms with Gasteiger partial charge in [-0.2, -0.15) is 0 Å². The summed E-state index contributed by atoms with van der Waals surface area (Å²) in [6.45, 7) is 6.06. The van der Waals surface area contributed by atoms with E-state index in [1.807, 2.05) is 0 Å². The monoisotopic (exact) mass is 577 g/mol. The van der Waals surface area contributed by atoms with Gasteiger partial charge in [-0.1, -0.05) is 29.3 Å². The van der Waals surface area contributed by atoms with Crippen LogP contribution in [0.25, 0.3) is 0 Å². The Balaban J connectivity index is 2.24. The molecule has 1 saturated heterocycles. The van der Waals surface area contributed by atoms with Crippen LogP contribution >= 0.6 is 23.2 Å². The van der Waals surface area contributed by atoms with E-state index in [2.05, 4.69) is 0 Å². The number of halogens is 4. The van der Waals surface area contributed by atoms with Gasteiger partial charge in [0.15, 0.2) is 9.84 Å². The molecule has 1 aliphatic rings. The molecule has 4 atom stereocenters. The number of carboxylic acid groups (broad SMARTS) is 1. The lowest BCUT2D eigenvalue weighted by molar-refractivity contribution is -0.182. The maximum absolute atomic E-state index is 14.6. The van der Waals surface area contributed by atoms with Gasteiger partial charge in [0.2, 0.25) is 0 Å². The average molecular weight is 578 g/mol. The number of aliphatic carboxylic acids is 1. The predicted octanol–water partition coefficient (Wildman–Crippen LogP) is 5.36. The number of hydrogen-bond donors (Lipinski definition) is 1. The van der Waals surface area contributed by atoms with Crippen molar-refractivity contribution in [3.8, 4) is 0 Å². The molecule has 1 heterocycles. The Bertz CT molecular complexity index is 1290. The molecule has 202 valence electrons. The fraction of sp³-hybridized carbons (Fsp3) is 0.440. The number of morpholine rings is 1. The maximum atomic E-state index is 14.6. The van der Waals surface area contributed by atoms with E-state index in [4.69, 9.17) is 27.9 Å². The second-order valence-electron chi connectivity index (χ2n) is 9.95. The van der Waals surface area contributed by atoms with Crippen LogP contribution in [0.4, 0.5) is 8.78 Å². The molecule has 0 spiro atoms. The summed E-state index contributed by atoms with van der Waals surface area (Å²) in [5.41, 5.74) is 0.346. The van der Waals surface area contributed by atoms with E-state index < -0.39 is 74.6 Å². The number of carboxylic acids is 1. The Labute approximate surface area is 224 Å². The molecule has 0 radical (unpaired) electrons. The normalized spacial score (nSPS) is 21.7. The summed E-state index contributed by atoms with van der Waals surface area (Å²) < 4.78 is 59.8. The second-order valence-corrected chi connectivity index (χ2v) is 13.6. The lowest BCUT2D eigenvalue weighted by Gasteiger charge is -2.47. The Hall–Kier alpha value is -2.27. The number of rotatable bonds is 7. The van der Waals surface area contributed by atoms with Gasteiger partial charge in [-0.05, 0) is 69.2 Å². The van der Waals surface area contributed by atoms with Crippen molar-refractivity contribution in [1.29, 1.82) is 0 Å². The molecule has 3 rings (SSSR count). The molecule has 0 bridgehead atoms. The smallest absolute Gasteiger partial charge is 0.306 e. The molecule has 1 N–H and O–H groups in total. The van der Waals surface area contributed by atoms with Crippen LogP contribution in [0, 0.1) is 11.6 Å². The molecule has 7 nitrogen and oxygen atoms in total. The summed E-state index contributed by atoms with van der Waals surface area (Å²) in [6.07, 6.45) is -3.46. The van der Waals surface area contributed by atoms with E-state index in [0.29, 0.717) is 0 Å². The number of amides is 1. The molecule has 1 amide bonds. The third kappa shape index (κ3) is 6.42. The van der Waals surface area contributed by atoms with Crippen LogP contribution < -0.4 is 0 Å². The van der Waals surface area contributed by atoms with Crippen LogP contribution in [0.2, 0.25) is 10.0 Å². The molecule has 0 saturated carbocycles. The molecule has 2 aromatic rings. The Kier molecular flexibility index (Phi) is 8.58. The zero-order valence-electron chi connectivity index (χ0n) is 20.5. The highest BCUT2D eigenvalue weighted by Gasteiger charge is 2.48. The van der Waals surface area contributed by atoms with Crippen molar-refractivity contribution in [2.24, 2.45) is 0 Å². The standard InChI is InChI=1S/C25H27Cl2F2NO6S/c1-13(12-37(34,35)25(2,3)4)30-22(14-5-6-18(27)19(29)9-14)23(15-7-16(26)10-17(28)8-15)36-20(24(30)33)11-21(31)32/h5-10,13,20,22-23H,11-12H2,1-4H3,(H,31,32). The van der Waals surface area contributed by atoms with E-state index in [0.717, 1.165) is 18.2 Å². The minimum atomic E-state index is -3.75. The Morgan fingerprint density at radius 2 is 1.78 bits per heavy atom. The highest BCUT2D eigenvalue weighted by Crippen LogP contribution is 2.45. The van der Waals surface area contributed by atoms with Crippen molar-refractivity contribution in [3.63, 3.8) is 0 Å². The number of sulfone groups is 1. The first kappa shape index (κ1) is 29.3. The van der Waals surface area contributed by atoms with E-state index in [1.54, 1.807) is 0 Å². The highest BCUT2D eigenvalue weighted by atomic mass is 35.5. The van der Waals surface area contributed by atoms with Crippen LogP contribution in [0.3, 0.4) is 0 Å². The fourth-order valence-corrected chi connectivity index (χ4v) is 5.87. The molecule has 12 heteroatoms. The number of benzene rings is 2. The lowest BCUT2D eigenvalue weighted by Crippen LogP contribution is -2.56. The number of nitrogens with zero attached hydrogens (tertiary/aromatic N) is 1. The summed E-state index contributed by atoms with van der Waals surface area (Å²) in [5, 5.41) is 9.24. The summed E-state index contributed by atoms with van der Waals surface area (Å²) in [4.78, 5) is 26.3. The summed E-state index contributed by atoms with van der Waals surface area (Å²) in [7, 11) is -3.75. The van der Waals surface area contributed by atoms with Gasteiger partial charge >= 0.3 is 5.97 Å². The van der Waals surface area contributed by atoms with Gasteiger partial charge in [-0.15, -0.1) is 0 Å². The van der Waals surface area contributed by atoms with Gasteiger partial charge in [0, 0.05) is 11.1 Å². The highest BCUT2D eigenvalue weighted by molar-refractivity contribution is 7.92. The van der Waals surface area contributed by atoms with Crippen molar-refractivity contribution < 1.29 is 36.6 Å². The van der Waals surface area contributed by atoms with Crippen molar-refractivity contribution in [3.05, 3.63) is 69.2 Å². The average Bonchev–Trinajstić information content (AvgIpc) is 2.74. The third-order valence-electron chi connectivity index (χ3n) is 6.15. The van der Waals surface area contributed by atoms with Crippen LogP contribution in [-0.4, -0.2) is 52.9 Å². The first-order chi connectivity index (χ1) is 17.0.